The van der Waals surface area contributed by atoms with Crippen molar-refractivity contribution in [1.82, 2.24) is 4.98 Å². The highest BCUT2D eigenvalue weighted by atomic mass is 32.2. The first kappa shape index (κ1) is 22.9. The third kappa shape index (κ3) is 4.44. The van der Waals surface area contributed by atoms with Gasteiger partial charge in [0, 0.05) is 40.5 Å². The zero-order chi connectivity index (χ0) is 24.5. The highest BCUT2D eigenvalue weighted by Gasteiger charge is 2.30. The molecule has 0 aliphatic carbocycles. The number of ether oxygens (including phenoxy) is 1. The first-order valence-electron chi connectivity index (χ1n) is 10.0. The van der Waals surface area contributed by atoms with Crippen LogP contribution >= 0.6 is 0 Å². The molecular weight excluding hydrogens is 460 g/mol. The summed E-state index contributed by atoms with van der Waals surface area (Å²) in [5, 5.41) is 12.1. The number of nitro groups is 1. The highest BCUT2D eigenvalue weighted by Crippen LogP contribution is 2.30. The van der Waals surface area contributed by atoms with E-state index in [0.29, 0.717) is 16.5 Å². The van der Waals surface area contributed by atoms with Gasteiger partial charge in [0.1, 0.15) is 4.90 Å². The van der Waals surface area contributed by atoms with E-state index < -0.39 is 43.2 Å². The van der Waals surface area contributed by atoms with Crippen LogP contribution in [0.5, 0.6) is 0 Å². The summed E-state index contributed by atoms with van der Waals surface area (Å²) in [5.74, 6) is -1.50. The fourth-order valence-corrected chi connectivity index (χ4v) is 4.42. The van der Waals surface area contributed by atoms with E-state index in [0.717, 1.165) is 30.0 Å². The van der Waals surface area contributed by atoms with Crippen LogP contribution in [-0.4, -0.2) is 36.3 Å². The van der Waals surface area contributed by atoms with E-state index >= 15 is 0 Å². The molecule has 0 bridgehead atoms. The van der Waals surface area contributed by atoms with E-state index in [1.54, 1.807) is 48.5 Å². The molecule has 1 N–H and O–H groups in total. The number of ketones is 1. The number of aromatic nitrogens is 1. The number of carbonyl (C=O) groups excluding carboxylic acids is 2. The van der Waals surface area contributed by atoms with Crippen LogP contribution in [0.15, 0.2) is 83.9 Å². The number of Topliss-reactive ketones (excluding diaryl/α,β-unsaturated/α-hetero) is 1. The van der Waals surface area contributed by atoms with Crippen LogP contribution in [-0.2, 0) is 14.6 Å². The van der Waals surface area contributed by atoms with Gasteiger partial charge >= 0.3 is 5.97 Å². The molecule has 34 heavy (non-hydrogen) atoms. The molecule has 1 heterocycles. The van der Waals surface area contributed by atoms with Crippen molar-refractivity contribution in [2.45, 2.75) is 11.0 Å². The fraction of sp³-hybridized carbons (Fsp3) is 0.0833. The molecule has 0 amide bonds. The van der Waals surface area contributed by atoms with E-state index in [4.69, 9.17) is 4.74 Å². The van der Waals surface area contributed by atoms with Crippen molar-refractivity contribution in [2.75, 3.05) is 6.26 Å². The smallest absolute Gasteiger partial charge is 0.339 e. The van der Waals surface area contributed by atoms with Crippen molar-refractivity contribution in [1.29, 1.82) is 0 Å². The third-order valence-electron chi connectivity index (χ3n) is 5.21. The zero-order valence-electron chi connectivity index (χ0n) is 17.8. The summed E-state index contributed by atoms with van der Waals surface area (Å²) in [6, 6.07) is 18.4. The quantitative estimate of drug-likeness (QED) is 0.181. The Hall–Kier alpha value is -4.31. The molecule has 0 unspecified atom stereocenters. The number of H-pyrrole nitrogens is 1. The number of para-hydroxylation sites is 1. The Morgan fingerprint density at radius 2 is 1.68 bits per heavy atom. The number of benzene rings is 3. The standard InChI is InChI=1S/C24H18N2O7S/c1-34(31,32)21-12-11-16(13-20(21)26(29)30)24(28)33-23(15-7-3-2-4-8-15)22(27)18-14-25-19-10-6-5-9-17(18)19/h2-14,23,25H,1H3/t23-/m0/s1. The Bertz CT molecular complexity index is 1530. The van der Waals surface area contributed by atoms with Gasteiger partial charge in [-0.15, -0.1) is 0 Å². The Balaban J connectivity index is 1.73. The Morgan fingerprint density at radius 1 is 1.00 bits per heavy atom. The highest BCUT2D eigenvalue weighted by molar-refractivity contribution is 7.90. The lowest BCUT2D eigenvalue weighted by Crippen LogP contribution is -2.20. The normalized spacial score (nSPS) is 12.3. The minimum atomic E-state index is -3.90. The molecule has 1 atom stereocenters. The molecule has 0 aliphatic heterocycles. The van der Waals surface area contributed by atoms with Gasteiger partial charge in [0.2, 0.25) is 5.78 Å². The molecule has 0 saturated heterocycles. The molecule has 3 aromatic carbocycles. The summed E-state index contributed by atoms with van der Waals surface area (Å²) in [6.45, 7) is 0. The lowest BCUT2D eigenvalue weighted by atomic mass is 9.99. The second-order valence-electron chi connectivity index (χ2n) is 7.52. The minimum Gasteiger partial charge on any atom is -0.445 e. The van der Waals surface area contributed by atoms with E-state index in [-0.39, 0.29) is 5.56 Å². The summed E-state index contributed by atoms with van der Waals surface area (Å²) in [5.41, 5.74) is 0.447. The average molecular weight is 478 g/mol. The van der Waals surface area contributed by atoms with Crippen LogP contribution in [0.2, 0.25) is 0 Å². The minimum absolute atomic E-state index is 0.258. The van der Waals surface area contributed by atoms with Crippen LogP contribution < -0.4 is 0 Å². The number of hydrogen-bond donors (Lipinski definition) is 1. The van der Waals surface area contributed by atoms with E-state index in [2.05, 4.69) is 4.98 Å². The molecule has 4 aromatic rings. The van der Waals surface area contributed by atoms with Crippen molar-refractivity contribution in [2.24, 2.45) is 0 Å². The lowest BCUT2D eigenvalue weighted by molar-refractivity contribution is -0.387. The molecule has 9 nitrogen and oxygen atoms in total. The number of carbonyl (C=O) groups is 2. The summed E-state index contributed by atoms with van der Waals surface area (Å²) in [6.07, 6.45) is 1.03. The molecule has 0 aliphatic rings. The summed E-state index contributed by atoms with van der Waals surface area (Å²) >= 11 is 0. The van der Waals surface area contributed by atoms with Gasteiger partial charge in [0.25, 0.3) is 5.69 Å². The van der Waals surface area contributed by atoms with Gasteiger partial charge in [-0.05, 0) is 18.2 Å². The molecule has 172 valence electrons. The number of esters is 1. The van der Waals surface area contributed by atoms with Crippen molar-refractivity contribution in [3.05, 3.63) is 106 Å². The predicted octanol–water partition coefficient (Wildman–Crippen LogP) is 4.26. The van der Waals surface area contributed by atoms with Crippen LogP contribution in [0.1, 0.15) is 32.4 Å². The lowest BCUT2D eigenvalue weighted by Gasteiger charge is -2.17. The molecular formula is C24H18N2O7S. The Labute approximate surface area is 194 Å². The zero-order valence-corrected chi connectivity index (χ0v) is 18.6. The van der Waals surface area contributed by atoms with Crippen LogP contribution in [0, 0.1) is 10.1 Å². The average Bonchev–Trinajstić information content (AvgIpc) is 3.25. The molecule has 0 spiro atoms. The second kappa shape index (κ2) is 8.91. The number of hydrogen-bond acceptors (Lipinski definition) is 7. The maximum Gasteiger partial charge on any atom is 0.339 e. The number of fused-ring (bicyclic) bond motifs is 1. The Morgan fingerprint density at radius 3 is 2.35 bits per heavy atom. The van der Waals surface area contributed by atoms with Gasteiger partial charge in [-0.1, -0.05) is 48.5 Å². The van der Waals surface area contributed by atoms with E-state index in [1.807, 2.05) is 6.07 Å². The van der Waals surface area contributed by atoms with Crippen molar-refractivity contribution in [3.63, 3.8) is 0 Å². The number of aromatic amines is 1. The number of sulfone groups is 1. The summed E-state index contributed by atoms with van der Waals surface area (Å²) in [4.78, 5) is 39.4. The van der Waals surface area contributed by atoms with Crippen molar-refractivity contribution < 1.29 is 27.7 Å². The molecule has 4 rings (SSSR count). The summed E-state index contributed by atoms with van der Waals surface area (Å²) < 4.78 is 29.3. The maximum absolute atomic E-state index is 13.5. The molecule has 0 radical (unpaired) electrons. The molecule has 1 aromatic heterocycles. The van der Waals surface area contributed by atoms with E-state index in [9.17, 15) is 28.1 Å². The van der Waals surface area contributed by atoms with E-state index in [1.165, 1.54) is 6.20 Å². The third-order valence-corrected chi connectivity index (χ3v) is 6.36. The SMILES string of the molecule is CS(=O)(=O)c1ccc(C(=O)O[C@H](C(=O)c2c[nH]c3ccccc23)c2ccccc2)cc1[N+](=O)[O-]. The largest absolute Gasteiger partial charge is 0.445 e. The van der Waals surface area contributed by atoms with Crippen LogP contribution in [0.3, 0.4) is 0 Å². The predicted molar refractivity (Wildman–Crippen MR) is 123 cm³/mol. The number of nitrogens with zero attached hydrogens (tertiary/aromatic N) is 1. The topological polar surface area (TPSA) is 136 Å². The van der Waals surface area contributed by atoms with Gasteiger partial charge in [0.05, 0.1) is 10.5 Å². The fourth-order valence-electron chi connectivity index (χ4n) is 3.59. The van der Waals surface area contributed by atoms with Gasteiger partial charge in [-0.3, -0.25) is 14.9 Å². The van der Waals surface area contributed by atoms with Gasteiger partial charge in [0.15, 0.2) is 15.9 Å². The maximum atomic E-state index is 13.5. The van der Waals surface area contributed by atoms with Crippen molar-refractivity contribution >= 4 is 38.2 Å². The van der Waals surface area contributed by atoms with Crippen LogP contribution in [0.25, 0.3) is 10.9 Å². The van der Waals surface area contributed by atoms with Crippen molar-refractivity contribution in [3.8, 4) is 0 Å². The summed E-state index contributed by atoms with van der Waals surface area (Å²) in [7, 11) is -3.90. The van der Waals surface area contributed by atoms with Gasteiger partial charge in [-0.2, -0.15) is 0 Å². The first-order chi connectivity index (χ1) is 16.2. The molecule has 0 fully saturated rings. The van der Waals surface area contributed by atoms with Gasteiger partial charge in [-0.25, -0.2) is 13.2 Å². The number of nitro benzene ring substituents is 1. The Kier molecular flexibility index (Phi) is 5.99. The monoisotopic (exact) mass is 478 g/mol. The first-order valence-corrected chi connectivity index (χ1v) is 11.9. The number of rotatable bonds is 7. The molecule has 0 saturated carbocycles. The van der Waals surface area contributed by atoms with Gasteiger partial charge < -0.3 is 9.72 Å². The second-order valence-corrected chi connectivity index (χ2v) is 9.50. The number of nitrogens with one attached hydrogen (secondary N) is 1. The molecule has 10 heteroatoms. The van der Waals surface area contributed by atoms with Crippen LogP contribution in [0.4, 0.5) is 5.69 Å².